The zero-order valence-corrected chi connectivity index (χ0v) is 8.19. The molecule has 0 aromatic heterocycles. The summed E-state index contributed by atoms with van der Waals surface area (Å²) in [5, 5.41) is 8.42. The fourth-order valence-electron chi connectivity index (χ4n) is 1.43. The summed E-state index contributed by atoms with van der Waals surface area (Å²) < 4.78 is 0. The van der Waals surface area contributed by atoms with Crippen molar-refractivity contribution in [3.63, 3.8) is 0 Å². The minimum atomic E-state index is -0.550. The van der Waals surface area contributed by atoms with Crippen LogP contribution in [0.25, 0.3) is 0 Å². The fraction of sp³-hybridized carbons (Fsp3) is 0.667. The lowest BCUT2D eigenvalue weighted by Gasteiger charge is -2.32. The first-order valence-electron chi connectivity index (χ1n) is 4.65. The van der Waals surface area contributed by atoms with Crippen molar-refractivity contribution in [3.05, 3.63) is 0 Å². The predicted molar refractivity (Wildman–Crippen MR) is 49.1 cm³/mol. The van der Waals surface area contributed by atoms with Crippen LogP contribution < -0.4 is 0 Å². The molecular formula is C9H13N3O2. The van der Waals surface area contributed by atoms with E-state index in [1.165, 1.54) is 9.80 Å². The third-order valence-electron chi connectivity index (χ3n) is 2.15. The summed E-state index contributed by atoms with van der Waals surface area (Å²) in [6.07, 6.45) is 0.845. The molecular weight excluding hydrogens is 182 g/mol. The monoisotopic (exact) mass is 195 g/mol. The quantitative estimate of drug-likeness (QED) is 0.454. The molecule has 1 fully saturated rings. The second-order valence-corrected chi connectivity index (χ2v) is 3.18. The van der Waals surface area contributed by atoms with Crippen molar-refractivity contribution in [2.24, 2.45) is 0 Å². The zero-order valence-electron chi connectivity index (χ0n) is 8.19. The van der Waals surface area contributed by atoms with Crippen LogP contribution in [0.5, 0.6) is 0 Å². The Labute approximate surface area is 82.9 Å². The number of hydrogen-bond donors (Lipinski definition) is 0. The van der Waals surface area contributed by atoms with E-state index in [9.17, 15) is 9.59 Å². The average Bonchev–Trinajstić information content (AvgIpc) is 2.18. The topological polar surface area (TPSA) is 64.4 Å². The highest BCUT2D eigenvalue weighted by atomic mass is 16.2. The maximum absolute atomic E-state index is 11.4. The molecule has 0 atom stereocenters. The van der Waals surface area contributed by atoms with Gasteiger partial charge in [-0.3, -0.25) is 9.59 Å². The Morgan fingerprint density at radius 3 is 2.43 bits per heavy atom. The van der Waals surface area contributed by atoms with Crippen molar-refractivity contribution < 1.29 is 9.59 Å². The molecule has 2 amide bonds. The number of carbonyl (C=O) groups excluding carboxylic acids is 2. The molecule has 76 valence electrons. The normalized spacial score (nSPS) is 17.1. The van der Waals surface area contributed by atoms with Gasteiger partial charge < -0.3 is 9.80 Å². The third-order valence-corrected chi connectivity index (χ3v) is 2.15. The van der Waals surface area contributed by atoms with Crippen molar-refractivity contribution in [2.75, 3.05) is 26.2 Å². The lowest BCUT2D eigenvalue weighted by Crippen LogP contribution is -2.54. The maximum Gasteiger partial charge on any atom is 0.313 e. The Morgan fingerprint density at radius 2 is 1.86 bits per heavy atom. The van der Waals surface area contributed by atoms with E-state index in [0.717, 1.165) is 6.42 Å². The molecule has 0 unspecified atom stereocenters. The van der Waals surface area contributed by atoms with Gasteiger partial charge in [0, 0.05) is 19.6 Å². The van der Waals surface area contributed by atoms with Gasteiger partial charge in [-0.05, 0) is 6.42 Å². The molecule has 0 radical (unpaired) electrons. The standard InChI is InChI=1S/C9H13N3O2/c1-2-4-11-6-7-12(5-3-10)9(14)8(11)13/h2,4-7H2,1H3. The molecule has 0 bridgehead atoms. The number of nitriles is 1. The summed E-state index contributed by atoms with van der Waals surface area (Å²) in [6, 6.07) is 1.87. The third kappa shape index (κ3) is 2.02. The molecule has 5 nitrogen and oxygen atoms in total. The van der Waals surface area contributed by atoms with Gasteiger partial charge >= 0.3 is 11.8 Å². The maximum atomic E-state index is 11.4. The fourth-order valence-corrected chi connectivity index (χ4v) is 1.43. The summed E-state index contributed by atoms with van der Waals surface area (Å²) in [7, 11) is 0. The Kier molecular flexibility index (Phi) is 3.46. The Morgan fingerprint density at radius 1 is 1.29 bits per heavy atom. The van der Waals surface area contributed by atoms with Crippen LogP contribution in [0.3, 0.4) is 0 Å². The molecule has 0 aromatic rings. The Hall–Kier alpha value is -1.57. The van der Waals surface area contributed by atoms with E-state index < -0.39 is 11.8 Å². The van der Waals surface area contributed by atoms with E-state index in [-0.39, 0.29) is 6.54 Å². The molecule has 5 heteroatoms. The van der Waals surface area contributed by atoms with Gasteiger partial charge in [-0.15, -0.1) is 0 Å². The van der Waals surface area contributed by atoms with Gasteiger partial charge in [0.05, 0.1) is 6.07 Å². The van der Waals surface area contributed by atoms with Crippen molar-refractivity contribution in [1.82, 2.24) is 9.80 Å². The molecule has 0 spiro atoms. The second kappa shape index (κ2) is 4.61. The minimum absolute atomic E-state index is 0.00450. The summed E-state index contributed by atoms with van der Waals surface area (Å²) in [6.45, 7) is 3.59. The van der Waals surface area contributed by atoms with Crippen LogP contribution >= 0.6 is 0 Å². The van der Waals surface area contributed by atoms with Gasteiger partial charge in [0.25, 0.3) is 0 Å². The highest BCUT2D eigenvalue weighted by Gasteiger charge is 2.31. The first kappa shape index (κ1) is 10.5. The van der Waals surface area contributed by atoms with Crippen LogP contribution in [0.1, 0.15) is 13.3 Å². The van der Waals surface area contributed by atoms with Crippen LogP contribution in [0.15, 0.2) is 0 Å². The van der Waals surface area contributed by atoms with E-state index in [4.69, 9.17) is 5.26 Å². The predicted octanol–water partition coefficient (Wildman–Crippen LogP) is -0.409. The molecule has 1 aliphatic rings. The molecule has 0 saturated carbocycles. The van der Waals surface area contributed by atoms with Crippen LogP contribution in [-0.2, 0) is 9.59 Å². The Balaban J connectivity index is 2.61. The number of carbonyl (C=O) groups is 2. The highest BCUT2D eigenvalue weighted by Crippen LogP contribution is 2.04. The zero-order chi connectivity index (χ0) is 10.6. The van der Waals surface area contributed by atoms with Gasteiger partial charge in [0.15, 0.2) is 0 Å². The number of nitrogens with zero attached hydrogens (tertiary/aromatic N) is 3. The number of piperazine rings is 1. The van der Waals surface area contributed by atoms with Gasteiger partial charge in [-0.1, -0.05) is 6.92 Å². The van der Waals surface area contributed by atoms with Crippen molar-refractivity contribution in [1.29, 1.82) is 5.26 Å². The van der Waals surface area contributed by atoms with Gasteiger partial charge in [0.1, 0.15) is 6.54 Å². The molecule has 1 heterocycles. The summed E-state index contributed by atoms with van der Waals surface area (Å²) in [5.41, 5.74) is 0. The first-order valence-corrected chi connectivity index (χ1v) is 4.65. The summed E-state index contributed by atoms with van der Waals surface area (Å²) >= 11 is 0. The smallest absolute Gasteiger partial charge is 0.313 e. The van der Waals surface area contributed by atoms with E-state index in [1.54, 1.807) is 0 Å². The molecule has 1 aliphatic heterocycles. The molecule has 0 aromatic carbocycles. The number of rotatable bonds is 3. The van der Waals surface area contributed by atoms with E-state index in [2.05, 4.69) is 0 Å². The van der Waals surface area contributed by atoms with Crippen molar-refractivity contribution in [2.45, 2.75) is 13.3 Å². The average molecular weight is 195 g/mol. The lowest BCUT2D eigenvalue weighted by molar-refractivity contribution is -0.155. The molecule has 14 heavy (non-hydrogen) atoms. The molecule has 1 saturated heterocycles. The molecule has 1 rings (SSSR count). The summed E-state index contributed by atoms with van der Waals surface area (Å²) in [4.78, 5) is 25.6. The second-order valence-electron chi connectivity index (χ2n) is 3.18. The molecule has 0 N–H and O–H groups in total. The molecule has 0 aliphatic carbocycles. The van der Waals surface area contributed by atoms with E-state index >= 15 is 0 Å². The lowest BCUT2D eigenvalue weighted by atomic mass is 10.2. The van der Waals surface area contributed by atoms with E-state index in [1.807, 2.05) is 13.0 Å². The van der Waals surface area contributed by atoms with Crippen LogP contribution in [0.2, 0.25) is 0 Å². The van der Waals surface area contributed by atoms with Crippen molar-refractivity contribution >= 4 is 11.8 Å². The number of hydrogen-bond acceptors (Lipinski definition) is 3. The van der Waals surface area contributed by atoms with Crippen LogP contribution in [0, 0.1) is 11.3 Å². The van der Waals surface area contributed by atoms with Crippen LogP contribution in [0.4, 0.5) is 0 Å². The summed E-state index contributed by atoms with van der Waals surface area (Å²) in [5.74, 6) is -1.03. The van der Waals surface area contributed by atoms with Crippen LogP contribution in [-0.4, -0.2) is 47.8 Å². The van der Waals surface area contributed by atoms with Gasteiger partial charge in [-0.2, -0.15) is 5.26 Å². The SMILES string of the molecule is CCCN1CCN(CC#N)C(=O)C1=O. The highest BCUT2D eigenvalue weighted by molar-refractivity contribution is 6.35. The largest absolute Gasteiger partial charge is 0.333 e. The van der Waals surface area contributed by atoms with Gasteiger partial charge in [-0.25, -0.2) is 0 Å². The Bertz CT molecular complexity index is 282. The minimum Gasteiger partial charge on any atom is -0.333 e. The van der Waals surface area contributed by atoms with Crippen molar-refractivity contribution in [3.8, 4) is 6.07 Å². The number of amides is 2. The van der Waals surface area contributed by atoms with Gasteiger partial charge in [0.2, 0.25) is 0 Å². The first-order chi connectivity index (χ1) is 6.70. The van der Waals surface area contributed by atoms with E-state index in [0.29, 0.717) is 19.6 Å².